The van der Waals surface area contributed by atoms with Crippen LogP contribution in [-0.2, 0) is 19.1 Å². The average molecular weight is 233 g/mol. The minimum absolute atomic E-state index is 0.0926. The van der Waals surface area contributed by atoms with E-state index in [0.717, 1.165) is 0 Å². The summed E-state index contributed by atoms with van der Waals surface area (Å²) in [5, 5.41) is 0. The zero-order valence-electron chi connectivity index (χ0n) is 11.3. The Morgan fingerprint density at radius 3 is 1.25 bits per heavy atom. The van der Waals surface area contributed by atoms with Crippen molar-refractivity contribution in [3.63, 3.8) is 0 Å². The molecule has 0 aliphatic heterocycles. The van der Waals surface area contributed by atoms with Crippen LogP contribution in [-0.4, -0.2) is 43.8 Å². The SMILES string of the molecule is CC(=O)N(C)C.CCC(C)=O.COC(C)=O. The van der Waals surface area contributed by atoms with Crippen LogP contribution in [0.25, 0.3) is 0 Å². The summed E-state index contributed by atoms with van der Waals surface area (Å²) in [6.45, 7) is 6.32. The van der Waals surface area contributed by atoms with E-state index in [1.807, 2.05) is 6.92 Å². The quantitative estimate of drug-likeness (QED) is 0.640. The predicted octanol–water partition coefficient (Wildman–Crippen LogP) is 1.26. The minimum Gasteiger partial charge on any atom is -0.469 e. The largest absolute Gasteiger partial charge is 0.469 e. The van der Waals surface area contributed by atoms with Crippen molar-refractivity contribution in [1.82, 2.24) is 4.90 Å². The summed E-state index contributed by atoms with van der Waals surface area (Å²) >= 11 is 0. The van der Waals surface area contributed by atoms with Gasteiger partial charge >= 0.3 is 5.97 Å². The van der Waals surface area contributed by atoms with Crippen LogP contribution in [0.15, 0.2) is 0 Å². The predicted molar refractivity (Wildman–Crippen MR) is 63.0 cm³/mol. The molecule has 0 bridgehead atoms. The second-order valence-electron chi connectivity index (χ2n) is 3.16. The van der Waals surface area contributed by atoms with E-state index in [1.165, 1.54) is 25.9 Å². The molecule has 0 aliphatic rings. The van der Waals surface area contributed by atoms with Gasteiger partial charge in [-0.1, -0.05) is 6.92 Å². The Morgan fingerprint density at radius 2 is 1.25 bits per heavy atom. The van der Waals surface area contributed by atoms with Gasteiger partial charge in [-0.25, -0.2) is 0 Å². The average Bonchev–Trinajstić information content (AvgIpc) is 2.19. The van der Waals surface area contributed by atoms with Gasteiger partial charge in [-0.3, -0.25) is 9.59 Å². The van der Waals surface area contributed by atoms with Crippen LogP contribution < -0.4 is 0 Å². The van der Waals surface area contributed by atoms with Gasteiger partial charge in [0.2, 0.25) is 5.91 Å². The topological polar surface area (TPSA) is 63.7 Å². The molecule has 0 atom stereocenters. The van der Waals surface area contributed by atoms with Gasteiger partial charge in [-0.15, -0.1) is 0 Å². The first kappa shape index (κ1) is 20.1. The van der Waals surface area contributed by atoms with Gasteiger partial charge in [-0.05, 0) is 6.92 Å². The van der Waals surface area contributed by atoms with E-state index in [9.17, 15) is 14.4 Å². The minimum atomic E-state index is -0.245. The van der Waals surface area contributed by atoms with Crippen molar-refractivity contribution >= 4 is 17.7 Å². The molecule has 0 rings (SSSR count). The molecule has 0 heterocycles. The second-order valence-corrected chi connectivity index (χ2v) is 3.16. The highest BCUT2D eigenvalue weighted by atomic mass is 16.5. The van der Waals surface area contributed by atoms with Crippen molar-refractivity contribution in [1.29, 1.82) is 0 Å². The first-order valence-electron chi connectivity index (χ1n) is 4.90. The third-order valence-corrected chi connectivity index (χ3v) is 1.42. The Labute approximate surface area is 97.8 Å². The third-order valence-electron chi connectivity index (χ3n) is 1.42. The van der Waals surface area contributed by atoms with Gasteiger partial charge in [0.15, 0.2) is 0 Å². The molecule has 0 saturated heterocycles. The van der Waals surface area contributed by atoms with Crippen LogP contribution >= 0.6 is 0 Å². The maximum Gasteiger partial charge on any atom is 0.302 e. The Bertz CT molecular complexity index is 198. The molecule has 5 nitrogen and oxygen atoms in total. The number of ether oxygens (including phenoxy) is 1. The number of methoxy groups -OCH3 is 1. The Balaban J connectivity index is -0.000000160. The number of amides is 1. The molecule has 1 amide bonds. The molecule has 0 N–H and O–H groups in total. The van der Waals surface area contributed by atoms with E-state index in [2.05, 4.69) is 4.74 Å². The number of nitrogens with zero attached hydrogens (tertiary/aromatic N) is 1. The summed E-state index contributed by atoms with van der Waals surface area (Å²) < 4.78 is 4.11. The zero-order chi connectivity index (χ0) is 13.7. The number of carbonyl (C=O) groups is 3. The summed E-state index contributed by atoms with van der Waals surface area (Å²) in [6.07, 6.45) is 0.667. The molecule has 0 aromatic rings. The van der Waals surface area contributed by atoms with Gasteiger partial charge < -0.3 is 14.4 Å². The zero-order valence-corrected chi connectivity index (χ0v) is 11.3. The molecule has 0 aliphatic carbocycles. The molecular weight excluding hydrogens is 210 g/mol. The van der Waals surface area contributed by atoms with Gasteiger partial charge in [0, 0.05) is 34.4 Å². The maximum absolute atomic E-state index is 10.1. The molecule has 96 valence electrons. The van der Waals surface area contributed by atoms with Crippen LogP contribution in [0.1, 0.15) is 34.1 Å². The highest BCUT2D eigenvalue weighted by Gasteiger charge is 1.87. The summed E-state index contributed by atoms with van der Waals surface area (Å²) in [5.74, 6) is 0.102. The van der Waals surface area contributed by atoms with Crippen LogP contribution in [0.5, 0.6) is 0 Å². The standard InChI is InChI=1S/C4H9NO.C4H8O.C3H6O2/c1-4(6)5(2)3;1-3-4(2)5;1-3(4)5-2/h1-3H3;3H2,1-2H3;1-2H3. The molecule has 0 fully saturated rings. The maximum atomic E-state index is 10.1. The molecule has 0 saturated carbocycles. The molecule has 0 aromatic carbocycles. The van der Waals surface area contributed by atoms with Crippen LogP contribution in [0.2, 0.25) is 0 Å². The number of esters is 1. The number of hydrogen-bond acceptors (Lipinski definition) is 4. The van der Waals surface area contributed by atoms with E-state index in [1.54, 1.807) is 21.0 Å². The van der Waals surface area contributed by atoms with Gasteiger partial charge in [-0.2, -0.15) is 0 Å². The van der Waals surface area contributed by atoms with Gasteiger partial charge in [0.25, 0.3) is 0 Å². The smallest absolute Gasteiger partial charge is 0.302 e. The molecule has 0 aromatic heterocycles. The van der Waals surface area contributed by atoms with Crippen LogP contribution in [0.4, 0.5) is 0 Å². The van der Waals surface area contributed by atoms with Crippen LogP contribution in [0.3, 0.4) is 0 Å². The van der Waals surface area contributed by atoms with Gasteiger partial charge in [0.1, 0.15) is 5.78 Å². The molecule has 16 heavy (non-hydrogen) atoms. The summed E-state index contributed by atoms with van der Waals surface area (Å²) in [6, 6.07) is 0. The lowest BCUT2D eigenvalue weighted by molar-refractivity contribution is -0.138. The summed E-state index contributed by atoms with van der Waals surface area (Å²) in [7, 11) is 4.80. The molecule has 0 unspecified atom stereocenters. The Hall–Kier alpha value is -1.39. The second kappa shape index (κ2) is 13.6. The van der Waals surface area contributed by atoms with E-state index in [4.69, 9.17) is 0 Å². The number of carbonyl (C=O) groups excluding carboxylic acids is 3. The van der Waals surface area contributed by atoms with Gasteiger partial charge in [0.05, 0.1) is 7.11 Å². The van der Waals surface area contributed by atoms with E-state index < -0.39 is 0 Å². The van der Waals surface area contributed by atoms with E-state index >= 15 is 0 Å². The monoisotopic (exact) mass is 233 g/mol. The van der Waals surface area contributed by atoms with Crippen molar-refractivity contribution in [3.8, 4) is 0 Å². The van der Waals surface area contributed by atoms with E-state index in [0.29, 0.717) is 6.42 Å². The van der Waals surface area contributed by atoms with Crippen molar-refractivity contribution in [2.45, 2.75) is 34.1 Å². The molecule has 0 spiro atoms. The lowest BCUT2D eigenvalue weighted by Gasteiger charge is -2.02. The van der Waals surface area contributed by atoms with Crippen molar-refractivity contribution in [2.75, 3.05) is 21.2 Å². The fraction of sp³-hybridized carbons (Fsp3) is 0.727. The summed E-state index contributed by atoms with van der Waals surface area (Å²) in [4.78, 5) is 31.0. The van der Waals surface area contributed by atoms with Crippen molar-refractivity contribution in [3.05, 3.63) is 0 Å². The van der Waals surface area contributed by atoms with Crippen LogP contribution in [0, 0.1) is 0 Å². The number of Topliss-reactive ketones (excluding diaryl/α,β-unsaturated/α-hetero) is 1. The first-order chi connectivity index (χ1) is 7.18. The lowest BCUT2D eigenvalue weighted by Crippen LogP contribution is -2.17. The highest BCUT2D eigenvalue weighted by Crippen LogP contribution is 1.71. The molecular formula is C11H23NO4. The van der Waals surface area contributed by atoms with Crippen molar-refractivity contribution < 1.29 is 19.1 Å². The molecule has 0 radical (unpaired) electrons. The Morgan fingerprint density at radius 1 is 1.06 bits per heavy atom. The highest BCUT2D eigenvalue weighted by molar-refractivity contribution is 5.74. The fourth-order valence-electron chi connectivity index (χ4n) is 0. The van der Waals surface area contributed by atoms with Crippen molar-refractivity contribution in [2.24, 2.45) is 0 Å². The fourth-order valence-corrected chi connectivity index (χ4v) is 0. The Kier molecular flexibility index (Phi) is 17.1. The third kappa shape index (κ3) is 38.9. The summed E-state index contributed by atoms with van der Waals surface area (Å²) in [5.41, 5.74) is 0. The number of ketones is 1. The molecule has 5 heteroatoms. The lowest BCUT2D eigenvalue weighted by atomic mass is 10.4. The number of rotatable bonds is 1. The number of hydrogen-bond donors (Lipinski definition) is 0. The van der Waals surface area contributed by atoms with E-state index in [-0.39, 0.29) is 17.7 Å². The first-order valence-corrected chi connectivity index (χ1v) is 4.90. The normalized spacial score (nSPS) is 7.44.